The number of hydrogen-bond acceptors (Lipinski definition) is 2. The van der Waals surface area contributed by atoms with Gasteiger partial charge in [0.25, 0.3) is 0 Å². The van der Waals surface area contributed by atoms with Crippen molar-refractivity contribution >= 4 is 19.4 Å². The van der Waals surface area contributed by atoms with Crippen molar-refractivity contribution in [3.8, 4) is 0 Å². The van der Waals surface area contributed by atoms with Crippen LogP contribution in [-0.2, 0) is 4.74 Å². The molecule has 1 unspecified atom stereocenters. The van der Waals surface area contributed by atoms with Crippen LogP contribution < -0.4 is 4.46 Å². The van der Waals surface area contributed by atoms with Crippen LogP contribution in [0.4, 0.5) is 0 Å². The first-order valence-electron chi connectivity index (χ1n) is 5.76. The molecule has 0 radical (unpaired) electrons. The van der Waals surface area contributed by atoms with Gasteiger partial charge in [-0.25, -0.2) is 0 Å². The zero-order valence-corrected chi connectivity index (χ0v) is 11.5. The van der Waals surface area contributed by atoms with Gasteiger partial charge < -0.3 is 0 Å². The molecule has 0 heterocycles. The first kappa shape index (κ1) is 13.7. The van der Waals surface area contributed by atoms with Gasteiger partial charge in [-0.15, -0.1) is 0 Å². The number of ether oxygens (including phenoxy) is 1. The molecule has 0 aliphatic rings. The molecule has 1 aromatic rings. The van der Waals surface area contributed by atoms with Crippen LogP contribution in [0.25, 0.3) is 0 Å². The van der Waals surface area contributed by atoms with Gasteiger partial charge in [0.15, 0.2) is 0 Å². The van der Waals surface area contributed by atoms with E-state index < -0.39 is 0 Å². The molecule has 0 aliphatic heterocycles. The summed E-state index contributed by atoms with van der Waals surface area (Å²) >= 11 is 0.356. The maximum absolute atomic E-state index is 9.70. The molecule has 0 spiro atoms. The van der Waals surface area contributed by atoms with Crippen LogP contribution in [-0.4, -0.2) is 39.4 Å². The zero-order valence-electron chi connectivity index (χ0n) is 9.76. The van der Waals surface area contributed by atoms with Crippen molar-refractivity contribution in [2.24, 2.45) is 0 Å². The quantitative estimate of drug-likeness (QED) is 0.581. The van der Waals surface area contributed by atoms with Crippen LogP contribution in [0.15, 0.2) is 30.3 Å². The normalized spacial score (nSPS) is 12.6. The molecule has 1 N–H and O–H groups in total. The van der Waals surface area contributed by atoms with Crippen molar-refractivity contribution in [1.29, 1.82) is 0 Å². The molecule has 0 aromatic heterocycles. The summed E-state index contributed by atoms with van der Waals surface area (Å²) < 4.78 is 6.72. The molecule has 16 heavy (non-hydrogen) atoms. The summed E-state index contributed by atoms with van der Waals surface area (Å²) in [4.78, 5) is 0. The Kier molecular flexibility index (Phi) is 7.52. The number of aliphatic hydroxyl groups is 1. The minimum atomic E-state index is -0.308. The molecule has 0 aliphatic carbocycles. The van der Waals surface area contributed by atoms with E-state index in [1.165, 1.54) is 4.46 Å². The van der Waals surface area contributed by atoms with E-state index >= 15 is 0 Å². The van der Waals surface area contributed by atoms with Crippen LogP contribution in [0.5, 0.6) is 0 Å². The van der Waals surface area contributed by atoms with Gasteiger partial charge in [0.05, 0.1) is 0 Å². The van der Waals surface area contributed by atoms with Gasteiger partial charge >= 0.3 is 104 Å². The SMILES string of the molecule is CCCCOCC(O)C[Se]c1ccccc1. The van der Waals surface area contributed by atoms with Crippen molar-refractivity contribution in [2.45, 2.75) is 31.2 Å². The molecule has 3 heteroatoms. The van der Waals surface area contributed by atoms with Crippen LogP contribution in [0, 0.1) is 0 Å². The van der Waals surface area contributed by atoms with E-state index in [2.05, 4.69) is 19.1 Å². The van der Waals surface area contributed by atoms with Crippen LogP contribution in [0.3, 0.4) is 0 Å². The fourth-order valence-electron chi connectivity index (χ4n) is 1.22. The maximum atomic E-state index is 9.70. The second-order valence-electron chi connectivity index (χ2n) is 3.71. The summed E-state index contributed by atoms with van der Waals surface area (Å²) in [6.07, 6.45) is 1.91. The molecule has 0 fully saturated rings. The monoisotopic (exact) mass is 288 g/mol. The second kappa shape index (κ2) is 8.77. The molecule has 2 nitrogen and oxygen atoms in total. The van der Waals surface area contributed by atoms with E-state index in [0.717, 1.165) is 24.8 Å². The van der Waals surface area contributed by atoms with Crippen molar-refractivity contribution in [2.75, 3.05) is 13.2 Å². The van der Waals surface area contributed by atoms with Gasteiger partial charge in [-0.05, 0) is 0 Å². The van der Waals surface area contributed by atoms with Crippen molar-refractivity contribution < 1.29 is 9.84 Å². The molecule has 0 amide bonds. The number of rotatable bonds is 8. The predicted octanol–water partition coefficient (Wildman–Crippen LogP) is 1.61. The summed E-state index contributed by atoms with van der Waals surface area (Å²) in [6.45, 7) is 3.39. The Morgan fingerprint density at radius 3 is 2.75 bits per heavy atom. The summed E-state index contributed by atoms with van der Waals surface area (Å²) in [5.41, 5.74) is 0. The van der Waals surface area contributed by atoms with Gasteiger partial charge in [-0.1, -0.05) is 0 Å². The third-order valence-electron chi connectivity index (χ3n) is 2.14. The summed E-state index contributed by atoms with van der Waals surface area (Å²) in [7, 11) is 0. The molecule has 0 saturated carbocycles. The van der Waals surface area contributed by atoms with Gasteiger partial charge in [0, 0.05) is 0 Å². The fraction of sp³-hybridized carbons (Fsp3) is 0.538. The molecular formula is C13H20O2Se. The number of unbranched alkanes of at least 4 members (excludes halogenated alkanes) is 1. The second-order valence-corrected chi connectivity index (χ2v) is 6.00. The van der Waals surface area contributed by atoms with Crippen LogP contribution in [0.2, 0.25) is 5.32 Å². The summed E-state index contributed by atoms with van der Waals surface area (Å²) in [5.74, 6) is 0. The molecule has 1 atom stereocenters. The van der Waals surface area contributed by atoms with Gasteiger partial charge in [0.2, 0.25) is 0 Å². The van der Waals surface area contributed by atoms with Crippen molar-refractivity contribution in [1.82, 2.24) is 0 Å². The van der Waals surface area contributed by atoms with Crippen LogP contribution >= 0.6 is 0 Å². The van der Waals surface area contributed by atoms with Gasteiger partial charge in [0.1, 0.15) is 0 Å². The van der Waals surface area contributed by atoms with E-state index in [1.54, 1.807) is 0 Å². The Morgan fingerprint density at radius 1 is 1.31 bits per heavy atom. The van der Waals surface area contributed by atoms with E-state index in [4.69, 9.17) is 4.74 Å². The summed E-state index contributed by atoms with van der Waals surface area (Å²) in [5, 5.41) is 10.5. The van der Waals surface area contributed by atoms with Gasteiger partial charge in [-0.2, -0.15) is 0 Å². The fourth-order valence-corrected chi connectivity index (χ4v) is 2.97. The average Bonchev–Trinajstić information content (AvgIpc) is 2.33. The van der Waals surface area contributed by atoms with Gasteiger partial charge in [-0.3, -0.25) is 0 Å². The summed E-state index contributed by atoms with van der Waals surface area (Å²) in [6, 6.07) is 10.3. The van der Waals surface area contributed by atoms with Crippen LogP contribution in [0.1, 0.15) is 19.8 Å². The minimum absolute atomic E-state index is 0.308. The van der Waals surface area contributed by atoms with E-state index in [1.807, 2.05) is 18.2 Å². The third-order valence-corrected chi connectivity index (χ3v) is 4.57. The topological polar surface area (TPSA) is 29.5 Å². The standard InChI is InChI=1S/C13H20O2Se/c1-2-3-9-15-10-12(14)11-16-13-7-5-4-6-8-13/h4-8,12,14H,2-3,9-11H2,1H3. The predicted molar refractivity (Wildman–Crippen MR) is 68.4 cm³/mol. The first-order chi connectivity index (χ1) is 7.83. The molecule has 0 bridgehead atoms. The molecular weight excluding hydrogens is 267 g/mol. The molecule has 1 rings (SSSR count). The zero-order chi connectivity index (χ0) is 11.6. The average molecular weight is 287 g/mol. The Balaban J connectivity index is 2.08. The van der Waals surface area contributed by atoms with E-state index in [0.29, 0.717) is 21.6 Å². The molecule has 90 valence electrons. The number of benzene rings is 1. The molecule has 0 saturated heterocycles. The van der Waals surface area contributed by atoms with E-state index in [-0.39, 0.29) is 6.10 Å². The van der Waals surface area contributed by atoms with Crippen molar-refractivity contribution in [3.63, 3.8) is 0 Å². The Morgan fingerprint density at radius 2 is 2.06 bits per heavy atom. The Hall–Kier alpha value is -0.341. The first-order valence-corrected chi connectivity index (χ1v) is 7.83. The van der Waals surface area contributed by atoms with Crippen molar-refractivity contribution in [3.05, 3.63) is 30.3 Å². The van der Waals surface area contributed by atoms with E-state index in [9.17, 15) is 5.11 Å². The Labute approximate surface area is 104 Å². The number of hydrogen-bond donors (Lipinski definition) is 1. The third kappa shape index (κ3) is 6.29. The molecule has 1 aromatic carbocycles. The Bertz CT molecular complexity index is 264. The number of aliphatic hydroxyl groups excluding tert-OH is 1.